The number of nitrogens with one attached hydrogen (secondary N) is 1. The molecule has 140 valence electrons. The Kier molecular flexibility index (Phi) is 6.52. The molecular weight excluding hydrogens is 356 g/mol. The van der Waals surface area contributed by atoms with E-state index in [1.807, 2.05) is 24.3 Å². The molecule has 0 atom stereocenters. The third-order valence-corrected chi connectivity index (χ3v) is 3.59. The minimum Gasteiger partial charge on any atom is -0.484 e. The number of carbonyl (C=O) groups excluding carboxylic acids is 2. The Morgan fingerprint density at radius 1 is 0.857 bits per heavy atom. The molecule has 0 unspecified atom stereocenters. The molecular formula is C22H18N2O4. The Morgan fingerprint density at radius 2 is 1.54 bits per heavy atom. The van der Waals surface area contributed by atoms with Crippen LogP contribution in [0.3, 0.4) is 0 Å². The summed E-state index contributed by atoms with van der Waals surface area (Å²) in [6.45, 7) is -0.143. The van der Waals surface area contributed by atoms with Crippen molar-refractivity contribution in [3.8, 4) is 11.5 Å². The smallest absolute Gasteiger partial charge is 0.343 e. The zero-order chi connectivity index (χ0) is 19.6. The Bertz CT molecular complexity index is 957. The Hall–Kier alpha value is -3.93. The van der Waals surface area contributed by atoms with E-state index < -0.39 is 5.97 Å². The number of benzene rings is 3. The first-order valence-corrected chi connectivity index (χ1v) is 8.58. The molecule has 0 fully saturated rings. The molecule has 28 heavy (non-hydrogen) atoms. The Morgan fingerprint density at radius 3 is 2.29 bits per heavy atom. The van der Waals surface area contributed by atoms with Gasteiger partial charge in [0.1, 0.15) is 11.5 Å². The molecule has 0 heterocycles. The van der Waals surface area contributed by atoms with Crippen LogP contribution in [0.1, 0.15) is 15.9 Å². The summed E-state index contributed by atoms with van der Waals surface area (Å²) in [6, 6.07) is 24.6. The fourth-order valence-electron chi connectivity index (χ4n) is 2.28. The van der Waals surface area contributed by atoms with Gasteiger partial charge in [-0.3, -0.25) is 4.79 Å². The Labute approximate surface area is 162 Å². The molecule has 0 bridgehead atoms. The third kappa shape index (κ3) is 5.81. The van der Waals surface area contributed by atoms with Crippen LogP contribution in [-0.2, 0) is 4.79 Å². The topological polar surface area (TPSA) is 77.0 Å². The van der Waals surface area contributed by atoms with Crippen LogP contribution in [-0.4, -0.2) is 24.7 Å². The summed E-state index contributed by atoms with van der Waals surface area (Å²) in [5, 5.41) is 3.89. The van der Waals surface area contributed by atoms with Crippen molar-refractivity contribution in [2.75, 3.05) is 6.61 Å². The van der Waals surface area contributed by atoms with Gasteiger partial charge in [0.25, 0.3) is 5.91 Å². The van der Waals surface area contributed by atoms with E-state index in [0.29, 0.717) is 22.6 Å². The molecule has 0 aliphatic heterocycles. The highest BCUT2D eigenvalue weighted by Gasteiger charge is 2.07. The fraction of sp³-hybridized carbons (Fsp3) is 0.0455. The van der Waals surface area contributed by atoms with Crippen LogP contribution in [0.4, 0.5) is 0 Å². The molecule has 0 saturated heterocycles. The summed E-state index contributed by atoms with van der Waals surface area (Å²) in [6.07, 6.45) is 1.46. The molecule has 3 aromatic rings. The van der Waals surface area contributed by atoms with E-state index >= 15 is 0 Å². The van der Waals surface area contributed by atoms with Gasteiger partial charge in [-0.15, -0.1) is 0 Å². The summed E-state index contributed by atoms with van der Waals surface area (Å²) >= 11 is 0. The van der Waals surface area contributed by atoms with Gasteiger partial charge in [-0.25, -0.2) is 10.2 Å². The highest BCUT2D eigenvalue weighted by atomic mass is 16.5. The number of carbonyl (C=O) groups is 2. The second-order valence-corrected chi connectivity index (χ2v) is 5.72. The second-order valence-electron chi connectivity index (χ2n) is 5.72. The molecule has 0 aliphatic carbocycles. The third-order valence-electron chi connectivity index (χ3n) is 3.59. The summed E-state index contributed by atoms with van der Waals surface area (Å²) in [5.74, 6) is 0.166. The lowest BCUT2D eigenvalue weighted by molar-refractivity contribution is -0.123. The van der Waals surface area contributed by atoms with Crippen LogP contribution in [0.15, 0.2) is 90.0 Å². The molecule has 0 saturated carbocycles. The van der Waals surface area contributed by atoms with E-state index in [0.717, 1.165) is 0 Å². The first-order chi connectivity index (χ1) is 13.7. The Balaban J connectivity index is 1.51. The van der Waals surface area contributed by atoms with Crippen molar-refractivity contribution in [3.05, 3.63) is 96.1 Å². The second kappa shape index (κ2) is 9.68. The van der Waals surface area contributed by atoms with Gasteiger partial charge in [0.05, 0.1) is 11.8 Å². The lowest BCUT2D eigenvalue weighted by Crippen LogP contribution is -2.24. The highest BCUT2D eigenvalue weighted by molar-refractivity contribution is 5.91. The van der Waals surface area contributed by atoms with Gasteiger partial charge < -0.3 is 9.47 Å². The average molecular weight is 374 g/mol. The van der Waals surface area contributed by atoms with Gasteiger partial charge in [0.2, 0.25) is 0 Å². The largest absolute Gasteiger partial charge is 0.484 e. The summed E-state index contributed by atoms with van der Waals surface area (Å²) in [4.78, 5) is 23.8. The number of hydrogen-bond donors (Lipinski definition) is 1. The monoisotopic (exact) mass is 374 g/mol. The number of esters is 1. The van der Waals surface area contributed by atoms with Crippen molar-refractivity contribution in [1.29, 1.82) is 0 Å². The summed E-state index contributed by atoms with van der Waals surface area (Å²) in [7, 11) is 0. The van der Waals surface area contributed by atoms with Gasteiger partial charge in [0, 0.05) is 0 Å². The van der Waals surface area contributed by atoms with Crippen LogP contribution in [0, 0.1) is 0 Å². The number of hydrazone groups is 1. The molecule has 0 radical (unpaired) electrons. The molecule has 3 rings (SSSR count). The average Bonchev–Trinajstić information content (AvgIpc) is 2.74. The molecule has 0 aromatic heterocycles. The quantitative estimate of drug-likeness (QED) is 0.297. The lowest BCUT2D eigenvalue weighted by Gasteiger charge is -2.05. The van der Waals surface area contributed by atoms with Gasteiger partial charge in [-0.1, -0.05) is 48.5 Å². The van der Waals surface area contributed by atoms with Crippen LogP contribution < -0.4 is 14.9 Å². The van der Waals surface area contributed by atoms with Crippen molar-refractivity contribution >= 4 is 18.1 Å². The first-order valence-electron chi connectivity index (χ1n) is 8.58. The van der Waals surface area contributed by atoms with Crippen LogP contribution >= 0.6 is 0 Å². The van der Waals surface area contributed by atoms with Crippen LogP contribution in [0.2, 0.25) is 0 Å². The van der Waals surface area contributed by atoms with E-state index in [2.05, 4.69) is 10.5 Å². The number of amides is 1. The van der Waals surface area contributed by atoms with E-state index in [1.54, 1.807) is 60.7 Å². The van der Waals surface area contributed by atoms with Crippen LogP contribution in [0.5, 0.6) is 11.5 Å². The molecule has 0 aliphatic rings. The SMILES string of the molecule is O=C(COc1ccccc1)NN=Cc1cccc(OC(=O)c2ccccc2)c1. The van der Waals surface area contributed by atoms with Crippen molar-refractivity contribution in [3.63, 3.8) is 0 Å². The van der Waals surface area contributed by atoms with E-state index in [9.17, 15) is 9.59 Å². The van der Waals surface area contributed by atoms with Crippen LogP contribution in [0.25, 0.3) is 0 Å². The van der Waals surface area contributed by atoms with Crippen molar-refractivity contribution in [2.24, 2.45) is 5.10 Å². The molecule has 1 N–H and O–H groups in total. The zero-order valence-electron chi connectivity index (χ0n) is 14.9. The highest BCUT2D eigenvalue weighted by Crippen LogP contribution is 2.14. The number of rotatable bonds is 7. The fourth-order valence-corrected chi connectivity index (χ4v) is 2.28. The number of para-hydroxylation sites is 1. The molecule has 3 aromatic carbocycles. The predicted octanol–water partition coefficient (Wildman–Crippen LogP) is 3.43. The van der Waals surface area contributed by atoms with Crippen molar-refractivity contribution in [2.45, 2.75) is 0 Å². The number of ether oxygens (including phenoxy) is 2. The lowest BCUT2D eigenvalue weighted by atomic mass is 10.2. The minimum absolute atomic E-state index is 0.143. The van der Waals surface area contributed by atoms with Gasteiger partial charge in [0.15, 0.2) is 6.61 Å². The molecule has 6 heteroatoms. The van der Waals surface area contributed by atoms with E-state index in [4.69, 9.17) is 9.47 Å². The summed E-state index contributed by atoms with van der Waals surface area (Å²) < 4.78 is 10.7. The summed E-state index contributed by atoms with van der Waals surface area (Å²) in [5.41, 5.74) is 3.52. The maximum absolute atomic E-state index is 12.1. The van der Waals surface area contributed by atoms with Gasteiger partial charge in [-0.2, -0.15) is 5.10 Å². The minimum atomic E-state index is -0.443. The molecule has 0 spiro atoms. The normalized spacial score (nSPS) is 10.4. The first kappa shape index (κ1) is 18.8. The standard InChI is InChI=1S/C22H18N2O4/c25-21(16-27-19-11-5-2-6-12-19)24-23-15-17-8-7-13-20(14-17)28-22(26)18-9-3-1-4-10-18/h1-15H,16H2,(H,24,25). The zero-order valence-corrected chi connectivity index (χ0v) is 14.9. The van der Waals surface area contributed by atoms with Gasteiger partial charge in [-0.05, 0) is 42.0 Å². The van der Waals surface area contributed by atoms with Gasteiger partial charge >= 0.3 is 5.97 Å². The number of hydrogen-bond acceptors (Lipinski definition) is 5. The number of nitrogens with zero attached hydrogens (tertiary/aromatic N) is 1. The maximum atomic E-state index is 12.1. The van der Waals surface area contributed by atoms with E-state index in [-0.39, 0.29) is 12.5 Å². The molecule has 1 amide bonds. The predicted molar refractivity (Wildman–Crippen MR) is 106 cm³/mol. The van der Waals surface area contributed by atoms with E-state index in [1.165, 1.54) is 6.21 Å². The maximum Gasteiger partial charge on any atom is 0.343 e. The van der Waals surface area contributed by atoms with Crippen molar-refractivity contribution < 1.29 is 19.1 Å². The van der Waals surface area contributed by atoms with Crippen molar-refractivity contribution in [1.82, 2.24) is 5.43 Å². The molecule has 6 nitrogen and oxygen atoms in total.